The number of nitrogens with zero attached hydrogens (tertiary/aromatic N) is 1. The second kappa shape index (κ2) is 8.08. The lowest BCUT2D eigenvalue weighted by molar-refractivity contribution is -0.130. The van der Waals surface area contributed by atoms with Crippen LogP contribution in [0.4, 0.5) is 4.39 Å². The molecule has 4 aromatic rings. The Morgan fingerprint density at radius 3 is 2.83 bits per heavy atom. The number of hydrogen-bond acceptors (Lipinski definition) is 5. The third kappa shape index (κ3) is 3.86. The van der Waals surface area contributed by atoms with Gasteiger partial charge in [0, 0.05) is 12.4 Å². The molecular weight excluding hydrogens is 391 g/mol. The van der Waals surface area contributed by atoms with Crippen LogP contribution < -0.4 is 15.8 Å². The number of nitrogens with two attached hydrogens (primary N) is 1. The molecule has 0 saturated heterocycles. The lowest BCUT2D eigenvalue weighted by Gasteiger charge is -2.15. The number of aromatic nitrogens is 2. The van der Waals surface area contributed by atoms with Gasteiger partial charge in [-0.25, -0.2) is 9.37 Å². The Balaban J connectivity index is 1.55. The van der Waals surface area contributed by atoms with E-state index in [1.54, 1.807) is 30.5 Å². The Kier molecular flexibility index (Phi) is 5.17. The summed E-state index contributed by atoms with van der Waals surface area (Å²) in [6.45, 7) is 0.0774. The molecule has 0 aliphatic rings. The van der Waals surface area contributed by atoms with Crippen LogP contribution in [0.2, 0.25) is 0 Å². The molecule has 8 nitrogen and oxygen atoms in total. The monoisotopic (exact) mass is 408 g/mol. The fourth-order valence-electron chi connectivity index (χ4n) is 3.06. The van der Waals surface area contributed by atoms with E-state index in [2.05, 4.69) is 15.3 Å². The summed E-state index contributed by atoms with van der Waals surface area (Å²) >= 11 is 0. The van der Waals surface area contributed by atoms with Crippen molar-refractivity contribution < 1.29 is 23.1 Å². The van der Waals surface area contributed by atoms with Gasteiger partial charge in [-0.05, 0) is 42.0 Å². The molecule has 4 N–H and O–H groups in total. The van der Waals surface area contributed by atoms with E-state index < -0.39 is 23.5 Å². The van der Waals surface area contributed by atoms with Gasteiger partial charge in [0.25, 0.3) is 0 Å². The second-order valence-corrected chi connectivity index (χ2v) is 6.47. The molecule has 0 radical (unpaired) electrons. The fourth-order valence-corrected chi connectivity index (χ4v) is 3.06. The van der Waals surface area contributed by atoms with Crippen LogP contribution >= 0.6 is 0 Å². The van der Waals surface area contributed by atoms with E-state index in [-0.39, 0.29) is 17.9 Å². The number of hydrogen-bond donors (Lipinski definition) is 3. The zero-order chi connectivity index (χ0) is 21.1. The first-order valence-corrected chi connectivity index (χ1v) is 9.01. The molecule has 4 rings (SSSR count). The predicted octanol–water partition coefficient (Wildman–Crippen LogP) is 2.97. The summed E-state index contributed by atoms with van der Waals surface area (Å²) in [7, 11) is 0. The van der Waals surface area contributed by atoms with Crippen molar-refractivity contribution in [2.75, 3.05) is 0 Å². The molecule has 9 heteroatoms. The SMILES string of the molecule is NC(=O)C(C(=O)NCc1ccco1)c1ccc(Oc2ccnc3[nH]ccc23)c(F)c1. The van der Waals surface area contributed by atoms with Gasteiger partial charge in [0.1, 0.15) is 23.1 Å². The number of H-pyrrole nitrogens is 1. The number of benzene rings is 1. The number of halogens is 1. The van der Waals surface area contributed by atoms with E-state index in [1.165, 1.54) is 24.6 Å². The quantitative estimate of drug-likeness (QED) is 0.406. The molecule has 0 aliphatic carbocycles. The minimum absolute atomic E-state index is 0.0633. The maximum atomic E-state index is 14.7. The number of nitrogens with one attached hydrogen (secondary N) is 2. The van der Waals surface area contributed by atoms with Crippen LogP contribution in [0, 0.1) is 5.82 Å². The van der Waals surface area contributed by atoms with Crippen LogP contribution in [0.15, 0.2) is 65.5 Å². The van der Waals surface area contributed by atoms with Crippen molar-refractivity contribution in [3.8, 4) is 11.5 Å². The molecule has 3 heterocycles. The lowest BCUT2D eigenvalue weighted by atomic mass is 9.97. The van der Waals surface area contributed by atoms with Gasteiger partial charge in [0.15, 0.2) is 11.6 Å². The molecule has 152 valence electrons. The normalized spacial score (nSPS) is 11.9. The van der Waals surface area contributed by atoms with E-state index >= 15 is 0 Å². The van der Waals surface area contributed by atoms with Crippen LogP contribution in [0.5, 0.6) is 11.5 Å². The number of ether oxygens (including phenoxy) is 1. The molecule has 0 fully saturated rings. The Labute approximate surface area is 169 Å². The Bertz CT molecular complexity index is 1200. The van der Waals surface area contributed by atoms with Gasteiger partial charge in [-0.3, -0.25) is 9.59 Å². The maximum absolute atomic E-state index is 14.7. The fraction of sp³-hybridized carbons (Fsp3) is 0.0952. The number of amides is 2. The lowest BCUT2D eigenvalue weighted by Crippen LogP contribution is -2.36. The summed E-state index contributed by atoms with van der Waals surface area (Å²) in [6.07, 6.45) is 4.70. The van der Waals surface area contributed by atoms with Crippen molar-refractivity contribution >= 4 is 22.8 Å². The highest BCUT2D eigenvalue weighted by Gasteiger charge is 2.27. The number of rotatable bonds is 7. The topological polar surface area (TPSA) is 123 Å². The highest BCUT2D eigenvalue weighted by Crippen LogP contribution is 2.31. The smallest absolute Gasteiger partial charge is 0.237 e. The average Bonchev–Trinajstić information content (AvgIpc) is 3.40. The molecule has 3 aromatic heterocycles. The minimum atomic E-state index is -1.36. The largest absolute Gasteiger partial charge is 0.467 e. The van der Waals surface area contributed by atoms with Crippen LogP contribution in [0.1, 0.15) is 17.2 Å². The number of carbonyl (C=O) groups is 2. The molecule has 1 atom stereocenters. The highest BCUT2D eigenvalue weighted by atomic mass is 19.1. The first-order valence-electron chi connectivity index (χ1n) is 9.01. The highest BCUT2D eigenvalue weighted by molar-refractivity contribution is 6.05. The number of primary amides is 1. The van der Waals surface area contributed by atoms with Gasteiger partial charge in [-0.15, -0.1) is 0 Å². The molecular formula is C21H17FN4O4. The number of aromatic amines is 1. The summed E-state index contributed by atoms with van der Waals surface area (Å²) in [6, 6.07) is 10.5. The molecule has 1 aromatic carbocycles. The van der Waals surface area contributed by atoms with Crippen LogP contribution in [-0.2, 0) is 16.1 Å². The van der Waals surface area contributed by atoms with Crippen molar-refractivity contribution in [2.24, 2.45) is 5.73 Å². The Morgan fingerprint density at radius 1 is 1.23 bits per heavy atom. The predicted molar refractivity (Wildman–Crippen MR) is 105 cm³/mol. The van der Waals surface area contributed by atoms with E-state index in [0.29, 0.717) is 22.5 Å². The summed E-state index contributed by atoms with van der Waals surface area (Å²) in [5.41, 5.74) is 6.11. The number of carbonyl (C=O) groups excluding carboxylic acids is 2. The third-order valence-electron chi connectivity index (χ3n) is 4.49. The first kappa shape index (κ1) is 19.2. The summed E-state index contributed by atoms with van der Waals surface area (Å²) in [4.78, 5) is 31.4. The van der Waals surface area contributed by atoms with Crippen LogP contribution in [-0.4, -0.2) is 21.8 Å². The average molecular weight is 408 g/mol. The van der Waals surface area contributed by atoms with Gasteiger partial charge in [0.05, 0.1) is 18.2 Å². The number of furan rings is 1. The van der Waals surface area contributed by atoms with Crippen molar-refractivity contribution in [1.29, 1.82) is 0 Å². The van der Waals surface area contributed by atoms with Gasteiger partial charge >= 0.3 is 0 Å². The zero-order valence-electron chi connectivity index (χ0n) is 15.6. The molecule has 1 unspecified atom stereocenters. The molecule has 0 spiro atoms. The number of pyridine rings is 1. The third-order valence-corrected chi connectivity index (χ3v) is 4.49. The molecule has 30 heavy (non-hydrogen) atoms. The Morgan fingerprint density at radius 2 is 2.10 bits per heavy atom. The molecule has 2 amide bonds. The van der Waals surface area contributed by atoms with Gasteiger partial charge in [0.2, 0.25) is 11.8 Å². The van der Waals surface area contributed by atoms with Crippen molar-refractivity contribution in [1.82, 2.24) is 15.3 Å². The molecule has 0 aliphatic heterocycles. The Hall–Kier alpha value is -4.14. The minimum Gasteiger partial charge on any atom is -0.467 e. The summed E-state index contributed by atoms with van der Waals surface area (Å²) in [5, 5.41) is 3.25. The molecule has 0 bridgehead atoms. The van der Waals surface area contributed by atoms with Gasteiger partial charge in [-0.1, -0.05) is 6.07 Å². The maximum Gasteiger partial charge on any atom is 0.237 e. The zero-order valence-corrected chi connectivity index (χ0v) is 15.6. The van der Waals surface area contributed by atoms with Crippen molar-refractivity contribution in [3.63, 3.8) is 0 Å². The van der Waals surface area contributed by atoms with Crippen LogP contribution in [0.25, 0.3) is 11.0 Å². The number of fused-ring (bicyclic) bond motifs is 1. The van der Waals surface area contributed by atoms with E-state index in [1.807, 2.05) is 0 Å². The van der Waals surface area contributed by atoms with Crippen molar-refractivity contribution in [3.05, 3.63) is 78.3 Å². The molecule has 0 saturated carbocycles. The van der Waals surface area contributed by atoms with E-state index in [9.17, 15) is 14.0 Å². The van der Waals surface area contributed by atoms with E-state index in [0.717, 1.165) is 6.07 Å². The van der Waals surface area contributed by atoms with Crippen molar-refractivity contribution in [2.45, 2.75) is 12.5 Å². The summed E-state index contributed by atoms with van der Waals surface area (Å²) in [5.74, 6) is -2.80. The second-order valence-electron chi connectivity index (χ2n) is 6.47. The first-order chi connectivity index (χ1) is 14.5. The van der Waals surface area contributed by atoms with E-state index in [4.69, 9.17) is 14.9 Å². The van der Waals surface area contributed by atoms with Gasteiger partial charge < -0.3 is 25.2 Å². The van der Waals surface area contributed by atoms with Crippen LogP contribution in [0.3, 0.4) is 0 Å². The van der Waals surface area contributed by atoms with Gasteiger partial charge in [-0.2, -0.15) is 0 Å². The standard InChI is InChI=1S/C21H17FN4O4/c22-15-10-12(18(19(23)27)21(28)26-11-13-2-1-9-29-13)3-4-17(15)30-16-6-8-25-20-14(16)5-7-24-20/h1-10,18H,11H2,(H2,23,27)(H,24,25)(H,26,28). The summed E-state index contributed by atoms with van der Waals surface area (Å²) < 4.78 is 25.5.